The van der Waals surface area contributed by atoms with Crippen molar-refractivity contribution in [3.63, 3.8) is 0 Å². The van der Waals surface area contributed by atoms with Gasteiger partial charge in [-0.1, -0.05) is 6.92 Å². The van der Waals surface area contributed by atoms with Crippen LogP contribution < -0.4 is 10.6 Å². The molecule has 0 aliphatic carbocycles. The van der Waals surface area contributed by atoms with Gasteiger partial charge in [0.05, 0.1) is 0 Å². The van der Waals surface area contributed by atoms with Crippen molar-refractivity contribution < 1.29 is 4.79 Å². The summed E-state index contributed by atoms with van der Waals surface area (Å²) >= 11 is 1.90. The van der Waals surface area contributed by atoms with E-state index in [1.807, 2.05) is 24.8 Å². The quantitative estimate of drug-likeness (QED) is 0.796. The normalized spacial score (nSPS) is 11.9. The van der Waals surface area contributed by atoms with Crippen molar-refractivity contribution in [2.24, 2.45) is 0 Å². The zero-order valence-electron chi connectivity index (χ0n) is 11.2. The largest absolute Gasteiger partial charge is 0.382 e. The average molecular weight is 267 g/mol. The fourth-order valence-corrected chi connectivity index (χ4v) is 2.19. The molecule has 1 atom stereocenters. The van der Waals surface area contributed by atoms with E-state index in [-0.39, 0.29) is 5.91 Å². The number of nitrogens with zero attached hydrogens (tertiary/aromatic N) is 1. The highest BCUT2D eigenvalue weighted by molar-refractivity contribution is 7.99. The lowest BCUT2D eigenvalue weighted by Crippen LogP contribution is -2.24. The number of aromatic nitrogens is 1. The van der Waals surface area contributed by atoms with Gasteiger partial charge in [0.25, 0.3) is 5.91 Å². The molecule has 1 rings (SSSR count). The molecule has 0 bridgehead atoms. The lowest BCUT2D eigenvalue weighted by atomic mass is 10.2. The third-order valence-corrected chi connectivity index (χ3v) is 3.46. The van der Waals surface area contributed by atoms with Crippen molar-refractivity contribution in [1.82, 2.24) is 10.3 Å². The van der Waals surface area contributed by atoms with E-state index in [0.29, 0.717) is 18.3 Å². The number of hydrogen-bond acceptors (Lipinski definition) is 4. The summed E-state index contributed by atoms with van der Waals surface area (Å²) in [5.74, 6) is 2.04. The van der Waals surface area contributed by atoms with Gasteiger partial charge in [0.2, 0.25) is 0 Å². The fraction of sp³-hybridized carbons (Fsp3) is 0.538. The molecule has 0 aliphatic heterocycles. The SMILES string of the molecule is CCNC(=O)c1cc(NC(C)CSCC)ccn1. The van der Waals surface area contributed by atoms with Crippen LogP contribution in [-0.4, -0.2) is 35.0 Å². The first-order valence-corrected chi connectivity index (χ1v) is 7.41. The Balaban J connectivity index is 2.61. The Morgan fingerprint density at radius 1 is 1.50 bits per heavy atom. The lowest BCUT2D eigenvalue weighted by Gasteiger charge is -2.14. The molecule has 100 valence electrons. The first-order valence-electron chi connectivity index (χ1n) is 6.25. The number of thioether (sulfide) groups is 1. The summed E-state index contributed by atoms with van der Waals surface area (Å²) in [6.45, 7) is 6.79. The minimum atomic E-state index is -0.128. The molecule has 0 spiro atoms. The molecule has 0 radical (unpaired) electrons. The Bertz CT molecular complexity index is 384. The number of amides is 1. The summed E-state index contributed by atoms with van der Waals surface area (Å²) in [6.07, 6.45) is 1.66. The van der Waals surface area contributed by atoms with E-state index in [1.165, 1.54) is 0 Å². The highest BCUT2D eigenvalue weighted by Crippen LogP contribution is 2.12. The van der Waals surface area contributed by atoms with Crippen molar-refractivity contribution in [3.05, 3.63) is 24.0 Å². The summed E-state index contributed by atoms with van der Waals surface area (Å²) in [7, 11) is 0. The molecule has 5 heteroatoms. The second kappa shape index (κ2) is 7.97. The second-order valence-corrected chi connectivity index (χ2v) is 5.31. The van der Waals surface area contributed by atoms with Crippen LogP contribution in [0, 0.1) is 0 Å². The number of hydrogen-bond donors (Lipinski definition) is 2. The Hall–Kier alpha value is -1.23. The van der Waals surface area contributed by atoms with E-state index >= 15 is 0 Å². The van der Waals surface area contributed by atoms with Crippen LogP contribution in [0.4, 0.5) is 5.69 Å². The molecule has 1 heterocycles. The van der Waals surface area contributed by atoms with Gasteiger partial charge < -0.3 is 10.6 Å². The highest BCUT2D eigenvalue weighted by Gasteiger charge is 2.07. The van der Waals surface area contributed by atoms with Gasteiger partial charge in [-0.15, -0.1) is 0 Å². The van der Waals surface area contributed by atoms with Gasteiger partial charge in [-0.05, 0) is 31.7 Å². The van der Waals surface area contributed by atoms with Gasteiger partial charge in [-0.25, -0.2) is 0 Å². The van der Waals surface area contributed by atoms with Crippen molar-refractivity contribution in [3.8, 4) is 0 Å². The fourth-order valence-electron chi connectivity index (χ4n) is 1.52. The molecular weight excluding hydrogens is 246 g/mol. The van der Waals surface area contributed by atoms with Crippen LogP contribution in [-0.2, 0) is 0 Å². The summed E-state index contributed by atoms with van der Waals surface area (Å²) in [6, 6.07) is 4.05. The van der Waals surface area contributed by atoms with Crippen molar-refractivity contribution in [1.29, 1.82) is 0 Å². The van der Waals surface area contributed by atoms with Crippen LogP contribution in [0.3, 0.4) is 0 Å². The Labute approximate surface area is 113 Å². The number of anilines is 1. The predicted molar refractivity (Wildman–Crippen MR) is 78.3 cm³/mol. The van der Waals surface area contributed by atoms with E-state index < -0.39 is 0 Å². The van der Waals surface area contributed by atoms with Crippen molar-refractivity contribution in [2.75, 3.05) is 23.4 Å². The van der Waals surface area contributed by atoms with Crippen LogP contribution >= 0.6 is 11.8 Å². The third-order valence-electron chi connectivity index (χ3n) is 2.31. The monoisotopic (exact) mass is 267 g/mol. The van der Waals surface area contributed by atoms with Crippen LogP contribution in [0.2, 0.25) is 0 Å². The van der Waals surface area contributed by atoms with Crippen molar-refractivity contribution >= 4 is 23.4 Å². The van der Waals surface area contributed by atoms with Crippen LogP contribution in [0.25, 0.3) is 0 Å². The molecule has 4 nitrogen and oxygen atoms in total. The third kappa shape index (κ3) is 4.96. The maximum absolute atomic E-state index is 11.6. The summed E-state index contributed by atoms with van der Waals surface area (Å²) in [4.78, 5) is 15.7. The zero-order valence-corrected chi connectivity index (χ0v) is 12.0. The van der Waals surface area contributed by atoms with Crippen LogP contribution in [0.1, 0.15) is 31.3 Å². The second-order valence-electron chi connectivity index (χ2n) is 3.99. The van der Waals surface area contributed by atoms with E-state index in [9.17, 15) is 4.79 Å². The molecule has 0 aromatic carbocycles. The molecule has 1 unspecified atom stereocenters. The molecule has 1 aromatic heterocycles. The highest BCUT2D eigenvalue weighted by atomic mass is 32.2. The summed E-state index contributed by atoms with van der Waals surface area (Å²) < 4.78 is 0. The lowest BCUT2D eigenvalue weighted by molar-refractivity contribution is 0.0951. The summed E-state index contributed by atoms with van der Waals surface area (Å²) in [5.41, 5.74) is 1.40. The van der Waals surface area contributed by atoms with Gasteiger partial charge in [-0.2, -0.15) is 11.8 Å². The number of carbonyl (C=O) groups excluding carboxylic acids is 1. The zero-order chi connectivity index (χ0) is 13.4. The van der Waals surface area contributed by atoms with Crippen molar-refractivity contribution in [2.45, 2.75) is 26.8 Å². The minimum absolute atomic E-state index is 0.128. The maximum atomic E-state index is 11.6. The standard InChI is InChI=1S/C13H21N3OS/c1-4-14-13(17)12-8-11(6-7-15-12)16-10(3)9-18-5-2/h6-8,10H,4-5,9H2,1-3H3,(H,14,17)(H,15,16). The van der Waals surface area contributed by atoms with Gasteiger partial charge in [-0.3, -0.25) is 9.78 Å². The molecule has 0 saturated carbocycles. The first-order chi connectivity index (χ1) is 8.67. The van der Waals surface area contributed by atoms with Gasteiger partial charge >= 0.3 is 0 Å². The van der Waals surface area contributed by atoms with Crippen LogP contribution in [0.15, 0.2) is 18.3 Å². The smallest absolute Gasteiger partial charge is 0.269 e. The first kappa shape index (κ1) is 14.8. The number of carbonyl (C=O) groups is 1. The maximum Gasteiger partial charge on any atom is 0.269 e. The number of rotatable bonds is 7. The van der Waals surface area contributed by atoms with Gasteiger partial charge in [0.1, 0.15) is 5.69 Å². The summed E-state index contributed by atoms with van der Waals surface area (Å²) in [5, 5.41) is 6.12. The average Bonchev–Trinajstić information content (AvgIpc) is 2.37. The minimum Gasteiger partial charge on any atom is -0.382 e. The molecular formula is C13H21N3OS. The predicted octanol–water partition coefficient (Wildman–Crippen LogP) is 2.38. The Morgan fingerprint density at radius 2 is 2.28 bits per heavy atom. The molecule has 0 aliphatic rings. The van der Waals surface area contributed by atoms with E-state index in [4.69, 9.17) is 0 Å². The van der Waals surface area contributed by atoms with Crippen LogP contribution in [0.5, 0.6) is 0 Å². The van der Waals surface area contributed by atoms with Gasteiger partial charge in [0.15, 0.2) is 0 Å². The topological polar surface area (TPSA) is 54.0 Å². The Kier molecular flexibility index (Phi) is 6.57. The van der Waals surface area contributed by atoms with Gasteiger partial charge in [0, 0.05) is 30.2 Å². The molecule has 1 amide bonds. The van der Waals surface area contributed by atoms with E-state index in [0.717, 1.165) is 17.2 Å². The molecule has 18 heavy (non-hydrogen) atoms. The molecule has 0 fully saturated rings. The molecule has 0 saturated heterocycles. The number of pyridine rings is 1. The Morgan fingerprint density at radius 3 is 2.94 bits per heavy atom. The van der Waals surface area contributed by atoms with E-state index in [2.05, 4.69) is 29.5 Å². The number of nitrogens with one attached hydrogen (secondary N) is 2. The van der Waals surface area contributed by atoms with E-state index in [1.54, 1.807) is 12.3 Å². The molecule has 1 aromatic rings. The molecule has 2 N–H and O–H groups in total.